The fraction of sp³-hybridized carbons (Fsp3) is 0.667. The lowest BCUT2D eigenvalue weighted by Gasteiger charge is -2.30. The van der Waals surface area contributed by atoms with Crippen LogP contribution in [0.15, 0.2) is 29.2 Å². The highest BCUT2D eigenvalue weighted by Crippen LogP contribution is 2.33. The van der Waals surface area contributed by atoms with Gasteiger partial charge in [0.15, 0.2) is 0 Å². The van der Waals surface area contributed by atoms with Crippen LogP contribution < -0.4 is 10.9 Å². The van der Waals surface area contributed by atoms with Crippen LogP contribution in [-0.4, -0.2) is 28.2 Å². The number of carbonyl (C=O) groups excluding carboxylic acids is 1. The van der Waals surface area contributed by atoms with Gasteiger partial charge in [-0.1, -0.05) is 19.9 Å². The number of amides is 1. The Hall–Kier alpha value is -1.62. The van der Waals surface area contributed by atoms with Gasteiger partial charge in [-0.25, -0.2) is 0 Å². The van der Waals surface area contributed by atoms with E-state index < -0.39 is 6.10 Å². The van der Waals surface area contributed by atoms with Crippen LogP contribution in [0.3, 0.4) is 0 Å². The molecule has 1 atom stereocenters. The molecule has 0 spiro atoms. The topological polar surface area (TPSA) is 71.3 Å². The molecule has 1 aliphatic carbocycles. The van der Waals surface area contributed by atoms with Crippen LogP contribution in [-0.2, 0) is 11.3 Å². The molecule has 0 aliphatic heterocycles. The van der Waals surface area contributed by atoms with Crippen LogP contribution >= 0.6 is 0 Å². The Bertz CT molecular complexity index is 559. The molecule has 128 valence electrons. The zero-order valence-corrected chi connectivity index (χ0v) is 14.1. The van der Waals surface area contributed by atoms with Crippen molar-refractivity contribution in [3.63, 3.8) is 0 Å². The first kappa shape index (κ1) is 17.7. The molecule has 5 heteroatoms. The summed E-state index contributed by atoms with van der Waals surface area (Å²) in [4.78, 5) is 23.8. The van der Waals surface area contributed by atoms with Gasteiger partial charge in [-0.2, -0.15) is 0 Å². The first-order valence-electron chi connectivity index (χ1n) is 8.58. The third-order valence-electron chi connectivity index (χ3n) is 4.90. The van der Waals surface area contributed by atoms with E-state index in [4.69, 9.17) is 0 Å². The number of nitrogens with zero attached hydrogens (tertiary/aromatic N) is 1. The molecular formula is C18H28N2O3. The fourth-order valence-corrected chi connectivity index (χ4v) is 3.31. The molecule has 1 fully saturated rings. The molecule has 1 saturated carbocycles. The van der Waals surface area contributed by atoms with Crippen molar-refractivity contribution in [2.24, 2.45) is 17.8 Å². The molecule has 1 aliphatic rings. The zero-order chi connectivity index (χ0) is 16.8. The van der Waals surface area contributed by atoms with Crippen LogP contribution in [0.2, 0.25) is 0 Å². The van der Waals surface area contributed by atoms with Crippen LogP contribution in [0.5, 0.6) is 0 Å². The van der Waals surface area contributed by atoms with Gasteiger partial charge in [0.2, 0.25) is 5.91 Å². The number of hydrogen-bond donors (Lipinski definition) is 2. The lowest BCUT2D eigenvalue weighted by molar-refractivity contribution is -0.126. The van der Waals surface area contributed by atoms with E-state index in [-0.39, 0.29) is 30.5 Å². The third-order valence-corrected chi connectivity index (χ3v) is 4.90. The number of pyridine rings is 1. The summed E-state index contributed by atoms with van der Waals surface area (Å²) in [7, 11) is 0. The van der Waals surface area contributed by atoms with Gasteiger partial charge in [-0.3, -0.25) is 9.59 Å². The van der Waals surface area contributed by atoms with E-state index in [2.05, 4.69) is 19.2 Å². The van der Waals surface area contributed by atoms with Gasteiger partial charge in [0.1, 0.15) is 0 Å². The smallest absolute Gasteiger partial charge is 0.250 e. The summed E-state index contributed by atoms with van der Waals surface area (Å²) in [6.45, 7) is 4.87. The largest absolute Gasteiger partial charge is 0.389 e. The molecule has 0 saturated heterocycles. The minimum Gasteiger partial charge on any atom is -0.389 e. The number of aliphatic hydroxyl groups is 1. The van der Waals surface area contributed by atoms with Crippen molar-refractivity contribution in [2.45, 2.75) is 52.2 Å². The van der Waals surface area contributed by atoms with Crippen molar-refractivity contribution >= 4 is 5.91 Å². The molecule has 0 radical (unpaired) electrons. The Morgan fingerprint density at radius 1 is 1.30 bits per heavy atom. The minimum atomic E-state index is -0.758. The van der Waals surface area contributed by atoms with Crippen molar-refractivity contribution in [1.29, 1.82) is 0 Å². The quantitative estimate of drug-likeness (QED) is 0.839. The van der Waals surface area contributed by atoms with Gasteiger partial charge < -0.3 is 15.0 Å². The van der Waals surface area contributed by atoms with Crippen LogP contribution in [0.4, 0.5) is 0 Å². The van der Waals surface area contributed by atoms with E-state index in [1.54, 1.807) is 18.3 Å². The number of aromatic nitrogens is 1. The molecule has 1 aromatic rings. The SMILES string of the molecule is CC(C)C1CCC(C(=O)NCC(O)Cn2ccccc2=O)CC1. The maximum atomic E-state index is 12.2. The van der Waals surface area contributed by atoms with E-state index in [1.165, 1.54) is 10.6 Å². The van der Waals surface area contributed by atoms with Gasteiger partial charge in [0.25, 0.3) is 5.56 Å². The summed E-state index contributed by atoms with van der Waals surface area (Å²) < 4.78 is 1.45. The van der Waals surface area contributed by atoms with E-state index in [0.29, 0.717) is 5.92 Å². The van der Waals surface area contributed by atoms with Gasteiger partial charge >= 0.3 is 0 Å². The molecule has 23 heavy (non-hydrogen) atoms. The molecule has 2 rings (SSSR count). The first-order valence-corrected chi connectivity index (χ1v) is 8.58. The number of hydrogen-bond acceptors (Lipinski definition) is 3. The van der Waals surface area contributed by atoms with E-state index in [0.717, 1.165) is 31.6 Å². The highest BCUT2D eigenvalue weighted by atomic mass is 16.3. The molecule has 5 nitrogen and oxygen atoms in total. The van der Waals surface area contributed by atoms with E-state index in [1.807, 2.05) is 0 Å². The molecule has 2 N–H and O–H groups in total. The zero-order valence-electron chi connectivity index (χ0n) is 14.1. The molecule has 1 aromatic heterocycles. The summed E-state index contributed by atoms with van der Waals surface area (Å²) in [5.74, 6) is 1.52. The molecule has 1 amide bonds. The summed E-state index contributed by atoms with van der Waals surface area (Å²) in [6.07, 6.45) is 4.97. The number of aliphatic hydroxyl groups excluding tert-OH is 1. The molecule has 1 heterocycles. The van der Waals surface area contributed by atoms with Crippen molar-refractivity contribution < 1.29 is 9.90 Å². The van der Waals surface area contributed by atoms with Gasteiger partial charge in [-0.15, -0.1) is 0 Å². The fourth-order valence-electron chi connectivity index (χ4n) is 3.31. The molecular weight excluding hydrogens is 292 g/mol. The maximum absolute atomic E-state index is 12.2. The number of carbonyl (C=O) groups is 1. The third kappa shape index (κ3) is 5.20. The first-order chi connectivity index (χ1) is 11.0. The van der Waals surface area contributed by atoms with Crippen molar-refractivity contribution in [3.8, 4) is 0 Å². The lowest BCUT2D eigenvalue weighted by Crippen LogP contribution is -2.40. The molecule has 1 unspecified atom stereocenters. The predicted octanol–water partition coefficient (Wildman–Crippen LogP) is 1.79. The summed E-state index contributed by atoms with van der Waals surface area (Å²) >= 11 is 0. The molecule has 0 aromatic carbocycles. The van der Waals surface area contributed by atoms with Crippen LogP contribution in [0.1, 0.15) is 39.5 Å². The van der Waals surface area contributed by atoms with Crippen LogP contribution in [0.25, 0.3) is 0 Å². The molecule has 0 bridgehead atoms. The van der Waals surface area contributed by atoms with Gasteiger partial charge in [0.05, 0.1) is 12.6 Å². The second-order valence-electron chi connectivity index (χ2n) is 6.95. The Labute approximate surface area is 137 Å². The van der Waals surface area contributed by atoms with Crippen molar-refractivity contribution in [2.75, 3.05) is 6.54 Å². The Balaban J connectivity index is 1.74. The summed E-state index contributed by atoms with van der Waals surface area (Å²) in [5.41, 5.74) is -0.148. The minimum absolute atomic E-state index is 0.0339. The maximum Gasteiger partial charge on any atom is 0.250 e. The summed E-state index contributed by atoms with van der Waals surface area (Å²) in [5, 5.41) is 12.8. The number of nitrogens with one attached hydrogen (secondary N) is 1. The second-order valence-corrected chi connectivity index (χ2v) is 6.95. The van der Waals surface area contributed by atoms with Gasteiger partial charge in [-0.05, 0) is 43.6 Å². The second kappa shape index (κ2) is 8.29. The Morgan fingerprint density at radius 2 is 2.00 bits per heavy atom. The Kier molecular flexibility index (Phi) is 6.39. The van der Waals surface area contributed by atoms with Gasteiger partial charge in [0, 0.05) is 24.7 Å². The van der Waals surface area contributed by atoms with Crippen molar-refractivity contribution in [3.05, 3.63) is 34.7 Å². The van der Waals surface area contributed by atoms with E-state index >= 15 is 0 Å². The Morgan fingerprint density at radius 3 is 2.61 bits per heavy atom. The normalized spacial score (nSPS) is 22.8. The van der Waals surface area contributed by atoms with Crippen molar-refractivity contribution in [1.82, 2.24) is 9.88 Å². The highest BCUT2D eigenvalue weighted by molar-refractivity contribution is 5.78. The lowest BCUT2D eigenvalue weighted by atomic mass is 9.77. The standard InChI is InChI=1S/C18H28N2O3/c1-13(2)14-6-8-15(9-7-14)18(23)19-11-16(21)12-20-10-4-3-5-17(20)22/h3-5,10,13-16,21H,6-9,11-12H2,1-2H3,(H,19,23). The highest BCUT2D eigenvalue weighted by Gasteiger charge is 2.27. The van der Waals surface area contributed by atoms with Crippen LogP contribution in [0, 0.1) is 17.8 Å². The average molecular weight is 320 g/mol. The number of rotatable bonds is 6. The predicted molar refractivity (Wildman–Crippen MR) is 90.0 cm³/mol. The van der Waals surface area contributed by atoms with E-state index in [9.17, 15) is 14.7 Å². The monoisotopic (exact) mass is 320 g/mol. The average Bonchev–Trinajstić information content (AvgIpc) is 2.55. The summed E-state index contributed by atoms with van der Waals surface area (Å²) in [6, 6.07) is 4.87.